The quantitative estimate of drug-likeness (QED) is 0.224. The summed E-state index contributed by atoms with van der Waals surface area (Å²) in [7, 11) is -7.38. The molecule has 0 amide bonds. The van der Waals surface area contributed by atoms with Gasteiger partial charge >= 0.3 is 0 Å². The minimum Gasteiger partial charge on any atom is -0.410 e. The number of hydrogen-bond donors (Lipinski definition) is 1. The Morgan fingerprint density at radius 2 is 1.35 bits per heavy atom. The Kier molecular flexibility index (Phi) is 7.46. The molecular weight excluding hydrogens is 583 g/mol. The second kappa shape index (κ2) is 10.7. The monoisotopic (exact) mass is 621 g/mol. The van der Waals surface area contributed by atoms with Crippen LogP contribution in [0.25, 0.3) is 11.1 Å². The van der Waals surface area contributed by atoms with E-state index in [4.69, 9.17) is 0 Å². The first-order valence-electron chi connectivity index (χ1n) is 14.9. The van der Waals surface area contributed by atoms with Gasteiger partial charge in [-0.1, -0.05) is 48.8 Å². The Bertz CT molecular complexity index is 1830. The molecule has 1 saturated carbocycles. The van der Waals surface area contributed by atoms with Gasteiger partial charge in [0.15, 0.2) is 9.84 Å². The van der Waals surface area contributed by atoms with E-state index in [-0.39, 0.29) is 20.9 Å². The average Bonchev–Trinajstić information content (AvgIpc) is 3.29. The van der Waals surface area contributed by atoms with Crippen molar-refractivity contribution < 1.29 is 22.0 Å². The van der Waals surface area contributed by atoms with Gasteiger partial charge in [0.05, 0.1) is 15.0 Å². The van der Waals surface area contributed by atoms with Gasteiger partial charge in [0.25, 0.3) is 0 Å². The number of fused-ring (bicyclic) bond motifs is 3. The number of aryl methyl sites for hydroxylation is 2. The number of anilines is 1. The number of rotatable bonds is 5. The second-order valence-electron chi connectivity index (χ2n) is 13.0. The molecule has 6 rings (SSSR count). The van der Waals surface area contributed by atoms with Gasteiger partial charge in [0.1, 0.15) is 5.71 Å². The number of nitrogens with zero attached hydrogens (tertiary/aromatic N) is 3. The molecule has 43 heavy (non-hydrogen) atoms. The first kappa shape index (κ1) is 29.8. The fourth-order valence-electron chi connectivity index (χ4n) is 6.85. The van der Waals surface area contributed by atoms with Gasteiger partial charge in [-0.3, -0.25) is 0 Å². The summed E-state index contributed by atoms with van der Waals surface area (Å²) >= 11 is 0. The molecule has 228 valence electrons. The molecule has 0 bridgehead atoms. The molecule has 3 aliphatic rings. The van der Waals surface area contributed by atoms with E-state index in [9.17, 15) is 22.0 Å². The number of sulfonamides is 1. The summed E-state index contributed by atoms with van der Waals surface area (Å²) < 4.78 is 56.2. The van der Waals surface area contributed by atoms with Crippen molar-refractivity contribution in [2.24, 2.45) is 10.6 Å². The largest absolute Gasteiger partial charge is 0.410 e. The maximum atomic E-state index is 13.7. The summed E-state index contributed by atoms with van der Waals surface area (Å²) in [6, 6.07) is 16.1. The van der Waals surface area contributed by atoms with Gasteiger partial charge in [-0.2, -0.15) is 4.31 Å². The minimum atomic E-state index is -3.81. The number of piperazine rings is 1. The predicted molar refractivity (Wildman–Crippen MR) is 169 cm³/mol. The molecule has 3 aromatic rings. The summed E-state index contributed by atoms with van der Waals surface area (Å²) in [5, 5.41) is 13.1. The maximum absolute atomic E-state index is 13.7. The van der Waals surface area contributed by atoms with Crippen LogP contribution >= 0.6 is 0 Å². The predicted octanol–water partition coefficient (Wildman–Crippen LogP) is 5.76. The summed E-state index contributed by atoms with van der Waals surface area (Å²) in [5.41, 5.74) is 6.21. The van der Waals surface area contributed by atoms with E-state index in [1.165, 1.54) is 15.4 Å². The molecule has 0 spiro atoms. The van der Waals surface area contributed by atoms with Gasteiger partial charge in [-0.25, -0.2) is 16.8 Å². The normalized spacial score (nSPS) is 20.3. The van der Waals surface area contributed by atoms with Crippen LogP contribution in [0.1, 0.15) is 61.8 Å². The zero-order valence-electron chi connectivity index (χ0n) is 25.2. The SMILES string of the molecule is Cc1ccc(N2CCN(S(=O)(=O)c3ccc4c(c3)/C(=N\O)c3cc(S(=O)(=O)C5CCC(C)(C)CC5)ccc3-4)CC2)c(C)c1. The van der Waals surface area contributed by atoms with E-state index < -0.39 is 25.1 Å². The molecule has 2 aliphatic carbocycles. The van der Waals surface area contributed by atoms with Crippen LogP contribution in [0.5, 0.6) is 0 Å². The number of oxime groups is 1. The van der Waals surface area contributed by atoms with Gasteiger partial charge in [0, 0.05) is 43.0 Å². The molecule has 3 aromatic carbocycles. The molecule has 8 nitrogen and oxygen atoms in total. The van der Waals surface area contributed by atoms with Gasteiger partial charge in [-0.15, -0.1) is 0 Å². The third-order valence-electron chi connectivity index (χ3n) is 9.51. The van der Waals surface area contributed by atoms with Crippen LogP contribution in [0.4, 0.5) is 5.69 Å². The lowest BCUT2D eigenvalue weighted by Crippen LogP contribution is -2.48. The lowest BCUT2D eigenvalue weighted by Gasteiger charge is -2.36. The number of sulfone groups is 1. The highest BCUT2D eigenvalue weighted by Gasteiger charge is 2.37. The molecule has 1 aliphatic heterocycles. The molecule has 1 saturated heterocycles. The van der Waals surface area contributed by atoms with Crippen LogP contribution < -0.4 is 4.90 Å². The maximum Gasteiger partial charge on any atom is 0.243 e. The summed E-state index contributed by atoms with van der Waals surface area (Å²) in [6.07, 6.45) is 2.95. The fraction of sp³-hybridized carbons (Fsp3) is 0.424. The standard InChI is InChI=1S/C33H39N3O5S2/c1-22-5-10-31(23(2)19-22)35-15-17-36(18-16-35)43(40,41)26-7-9-28-27-8-6-25(20-29(27)32(34-37)30(28)21-26)42(38,39)24-11-13-33(3,4)14-12-24/h5-10,19-21,24,37H,11-18H2,1-4H3/b34-32-. The third-order valence-corrected chi connectivity index (χ3v) is 13.7. The fourth-order valence-corrected chi connectivity index (χ4v) is 10.1. The highest BCUT2D eigenvalue weighted by atomic mass is 32.2. The highest BCUT2D eigenvalue weighted by molar-refractivity contribution is 7.92. The summed E-state index contributed by atoms with van der Waals surface area (Å²) in [4.78, 5) is 2.55. The lowest BCUT2D eigenvalue weighted by molar-refractivity contribution is 0.246. The van der Waals surface area contributed by atoms with Crippen LogP contribution in [-0.4, -0.2) is 63.5 Å². The van der Waals surface area contributed by atoms with E-state index >= 15 is 0 Å². The number of benzene rings is 3. The average molecular weight is 622 g/mol. The molecule has 1 heterocycles. The summed E-state index contributed by atoms with van der Waals surface area (Å²) in [6.45, 7) is 10.4. The van der Waals surface area contributed by atoms with Crippen molar-refractivity contribution in [1.29, 1.82) is 0 Å². The van der Waals surface area contributed by atoms with E-state index in [1.54, 1.807) is 36.4 Å². The topological polar surface area (TPSA) is 107 Å². The van der Waals surface area contributed by atoms with Crippen molar-refractivity contribution in [3.8, 4) is 11.1 Å². The first-order chi connectivity index (χ1) is 20.3. The smallest absolute Gasteiger partial charge is 0.243 e. The van der Waals surface area contributed by atoms with E-state index in [0.717, 1.165) is 24.1 Å². The molecule has 10 heteroatoms. The van der Waals surface area contributed by atoms with Crippen molar-refractivity contribution in [2.45, 2.75) is 68.4 Å². The molecule has 0 unspecified atom stereocenters. The van der Waals surface area contributed by atoms with Crippen molar-refractivity contribution in [3.63, 3.8) is 0 Å². The Morgan fingerprint density at radius 1 is 0.767 bits per heavy atom. The molecule has 1 N–H and O–H groups in total. The molecule has 0 aromatic heterocycles. The van der Waals surface area contributed by atoms with Crippen molar-refractivity contribution in [2.75, 3.05) is 31.1 Å². The van der Waals surface area contributed by atoms with Crippen LogP contribution in [0.2, 0.25) is 0 Å². The Hall–Kier alpha value is -3.21. The summed E-state index contributed by atoms with van der Waals surface area (Å²) in [5.74, 6) is 0. The Balaban J connectivity index is 1.24. The lowest BCUT2D eigenvalue weighted by atomic mass is 9.77. The van der Waals surface area contributed by atoms with E-state index in [1.807, 2.05) is 0 Å². The molecule has 0 atom stereocenters. The van der Waals surface area contributed by atoms with Crippen LogP contribution in [0.3, 0.4) is 0 Å². The van der Waals surface area contributed by atoms with Crippen molar-refractivity contribution >= 4 is 31.3 Å². The number of hydrogen-bond acceptors (Lipinski definition) is 7. The van der Waals surface area contributed by atoms with Crippen LogP contribution in [-0.2, 0) is 19.9 Å². The minimum absolute atomic E-state index is 0.123. The van der Waals surface area contributed by atoms with Crippen LogP contribution in [0.15, 0.2) is 69.5 Å². The zero-order valence-corrected chi connectivity index (χ0v) is 26.8. The molecular formula is C33H39N3O5S2. The third kappa shape index (κ3) is 5.27. The van der Waals surface area contributed by atoms with E-state index in [0.29, 0.717) is 55.7 Å². The van der Waals surface area contributed by atoms with Crippen molar-refractivity contribution in [3.05, 3.63) is 76.9 Å². The van der Waals surface area contributed by atoms with Gasteiger partial charge in [0.2, 0.25) is 10.0 Å². The molecule has 0 radical (unpaired) electrons. The van der Waals surface area contributed by atoms with Gasteiger partial charge in [-0.05, 0) is 92.0 Å². The van der Waals surface area contributed by atoms with Gasteiger partial charge < -0.3 is 10.1 Å². The highest BCUT2D eigenvalue weighted by Crippen LogP contribution is 2.42. The van der Waals surface area contributed by atoms with Crippen molar-refractivity contribution in [1.82, 2.24) is 4.31 Å². The Labute approximate surface area is 255 Å². The van der Waals surface area contributed by atoms with E-state index in [2.05, 4.69) is 55.9 Å². The second-order valence-corrected chi connectivity index (χ2v) is 17.1. The molecule has 2 fully saturated rings. The van der Waals surface area contributed by atoms with Crippen LogP contribution in [0, 0.1) is 19.3 Å². The first-order valence-corrected chi connectivity index (χ1v) is 17.9. The Morgan fingerprint density at radius 3 is 1.93 bits per heavy atom. The zero-order chi connectivity index (χ0) is 30.7.